The Morgan fingerprint density at radius 2 is 2.10 bits per heavy atom. The van der Waals surface area contributed by atoms with Crippen molar-refractivity contribution in [2.45, 2.75) is 39.5 Å². The summed E-state index contributed by atoms with van der Waals surface area (Å²) < 4.78 is 2.15. The van der Waals surface area contributed by atoms with Gasteiger partial charge in [-0.05, 0) is 41.7 Å². The summed E-state index contributed by atoms with van der Waals surface area (Å²) in [6.07, 6.45) is 4.48. The summed E-state index contributed by atoms with van der Waals surface area (Å²) in [6, 6.07) is 8.75. The third-order valence-electron chi connectivity index (χ3n) is 4.02. The van der Waals surface area contributed by atoms with Crippen LogP contribution in [0.4, 0.5) is 0 Å². The summed E-state index contributed by atoms with van der Waals surface area (Å²) in [5.41, 5.74) is 6.03. The number of H-pyrrole nitrogens is 1. The molecule has 0 unspecified atom stereocenters. The van der Waals surface area contributed by atoms with Crippen LogP contribution in [-0.2, 0) is 13.5 Å². The molecule has 2 aromatic heterocycles. The number of hydrogen-bond acceptors (Lipinski definition) is 1. The molecule has 0 saturated heterocycles. The normalized spacial score (nSPS) is 11.7. The zero-order valence-electron chi connectivity index (χ0n) is 13.3. The summed E-state index contributed by atoms with van der Waals surface area (Å²) in [5.74, 6) is 1.48. The molecule has 0 aliphatic rings. The summed E-state index contributed by atoms with van der Waals surface area (Å²) in [6.45, 7) is 6.64. The second-order valence-corrected chi connectivity index (χ2v) is 6.11. The quantitative estimate of drug-likeness (QED) is 0.726. The van der Waals surface area contributed by atoms with Gasteiger partial charge in [0.05, 0.1) is 16.7 Å². The molecular weight excluding hydrogens is 258 g/mol. The molecule has 3 heteroatoms. The Hall–Kier alpha value is -2.03. The number of aryl methyl sites for hydroxylation is 2. The van der Waals surface area contributed by atoms with E-state index in [9.17, 15) is 0 Å². The lowest BCUT2D eigenvalue weighted by Gasteiger charge is -1.97. The number of nitrogens with one attached hydrogen (secondary N) is 1. The molecule has 0 amide bonds. The second-order valence-electron chi connectivity index (χ2n) is 6.11. The predicted octanol–water partition coefficient (Wildman–Crippen LogP) is 4.89. The third-order valence-corrected chi connectivity index (χ3v) is 4.02. The van der Waals surface area contributed by atoms with Gasteiger partial charge in [-0.15, -0.1) is 0 Å². The molecule has 0 aliphatic carbocycles. The van der Waals surface area contributed by atoms with Crippen molar-refractivity contribution in [3.63, 3.8) is 0 Å². The van der Waals surface area contributed by atoms with Crippen LogP contribution in [0.5, 0.6) is 0 Å². The van der Waals surface area contributed by atoms with Gasteiger partial charge in [0, 0.05) is 14.7 Å². The summed E-state index contributed by atoms with van der Waals surface area (Å²) in [5, 5.41) is 0. The molecule has 0 aliphatic heterocycles. The highest BCUT2D eigenvalue weighted by Crippen LogP contribution is 2.26. The van der Waals surface area contributed by atoms with Gasteiger partial charge in [0.25, 0.3) is 0 Å². The number of hydrogen-bond donors (Lipinski definition) is 1. The maximum absolute atomic E-state index is 4.74. The van der Waals surface area contributed by atoms with Crippen molar-refractivity contribution in [2.75, 3.05) is 0 Å². The summed E-state index contributed by atoms with van der Waals surface area (Å²) >= 11 is 0. The summed E-state index contributed by atoms with van der Waals surface area (Å²) in [4.78, 5) is 8.21. The lowest BCUT2D eigenvalue weighted by Crippen LogP contribution is -1.90. The van der Waals surface area contributed by atoms with E-state index in [1.165, 1.54) is 17.5 Å². The standard InChI is InChI=1S/C18H23N3.H2/c1-5-6-13-7-8-15-16(9-13)20-18(19-15)17-10-14(12(2)3)11-21(17)4;/h7-12H,5-6H2,1-4H3,(H,19,20);1H. The molecule has 0 fully saturated rings. The third kappa shape index (κ3) is 2.60. The Morgan fingerprint density at radius 1 is 1.29 bits per heavy atom. The number of aromatic amines is 1. The predicted molar refractivity (Wildman–Crippen MR) is 90.7 cm³/mol. The largest absolute Gasteiger partial charge is 0.348 e. The first-order valence-corrected chi connectivity index (χ1v) is 7.73. The molecule has 3 aromatic rings. The van der Waals surface area contributed by atoms with Crippen LogP contribution >= 0.6 is 0 Å². The molecule has 112 valence electrons. The van der Waals surface area contributed by atoms with Crippen molar-refractivity contribution in [3.8, 4) is 11.5 Å². The van der Waals surface area contributed by atoms with Gasteiger partial charge in [-0.1, -0.05) is 33.3 Å². The van der Waals surface area contributed by atoms with Crippen molar-refractivity contribution in [1.82, 2.24) is 14.5 Å². The molecule has 0 bridgehead atoms. The first-order chi connectivity index (χ1) is 10.1. The molecule has 21 heavy (non-hydrogen) atoms. The van der Waals surface area contributed by atoms with E-state index in [1.54, 1.807) is 0 Å². The topological polar surface area (TPSA) is 33.6 Å². The Morgan fingerprint density at radius 3 is 2.76 bits per heavy atom. The minimum absolute atomic E-state index is 0. The number of rotatable bonds is 4. The minimum Gasteiger partial charge on any atom is -0.348 e. The lowest BCUT2D eigenvalue weighted by molar-refractivity contribution is 0.850. The van der Waals surface area contributed by atoms with E-state index < -0.39 is 0 Å². The maximum Gasteiger partial charge on any atom is 0.155 e. The van der Waals surface area contributed by atoms with Gasteiger partial charge in [-0.2, -0.15) is 0 Å². The van der Waals surface area contributed by atoms with Gasteiger partial charge in [0.15, 0.2) is 5.82 Å². The van der Waals surface area contributed by atoms with Crippen LogP contribution in [0, 0.1) is 0 Å². The van der Waals surface area contributed by atoms with Crippen LogP contribution in [0.25, 0.3) is 22.6 Å². The fourth-order valence-electron chi connectivity index (χ4n) is 2.76. The van der Waals surface area contributed by atoms with E-state index in [2.05, 4.69) is 67.8 Å². The number of fused-ring (bicyclic) bond motifs is 1. The highest BCUT2D eigenvalue weighted by Gasteiger charge is 2.12. The smallest absolute Gasteiger partial charge is 0.155 e. The first-order valence-electron chi connectivity index (χ1n) is 7.73. The van der Waals surface area contributed by atoms with Gasteiger partial charge in [0.1, 0.15) is 0 Å². The molecular formula is C18H25N3. The highest BCUT2D eigenvalue weighted by molar-refractivity contribution is 5.79. The van der Waals surface area contributed by atoms with Crippen LogP contribution in [0.2, 0.25) is 0 Å². The molecule has 1 N–H and O–H groups in total. The van der Waals surface area contributed by atoms with E-state index >= 15 is 0 Å². The maximum atomic E-state index is 4.74. The average Bonchev–Trinajstić information content (AvgIpc) is 3.01. The fourth-order valence-corrected chi connectivity index (χ4v) is 2.76. The Labute approximate surface area is 127 Å². The highest BCUT2D eigenvalue weighted by atomic mass is 15.0. The fraction of sp³-hybridized carbons (Fsp3) is 0.389. The number of aromatic nitrogens is 3. The number of benzene rings is 1. The van der Waals surface area contributed by atoms with Gasteiger partial charge < -0.3 is 9.55 Å². The Kier molecular flexibility index (Phi) is 3.58. The van der Waals surface area contributed by atoms with Gasteiger partial charge >= 0.3 is 0 Å². The second kappa shape index (κ2) is 5.40. The van der Waals surface area contributed by atoms with Crippen molar-refractivity contribution in [1.29, 1.82) is 0 Å². The van der Waals surface area contributed by atoms with Crippen LogP contribution in [0.3, 0.4) is 0 Å². The molecule has 0 saturated carbocycles. The van der Waals surface area contributed by atoms with Gasteiger partial charge in [-0.25, -0.2) is 4.98 Å². The molecule has 2 heterocycles. The van der Waals surface area contributed by atoms with Crippen molar-refractivity contribution < 1.29 is 1.43 Å². The molecule has 1 aromatic carbocycles. The number of nitrogens with zero attached hydrogens (tertiary/aromatic N) is 2. The van der Waals surface area contributed by atoms with Gasteiger partial charge in [0.2, 0.25) is 0 Å². The van der Waals surface area contributed by atoms with E-state index in [1.807, 2.05) is 0 Å². The van der Waals surface area contributed by atoms with Crippen molar-refractivity contribution >= 4 is 11.0 Å². The van der Waals surface area contributed by atoms with Crippen LogP contribution in [0.15, 0.2) is 30.5 Å². The molecule has 3 rings (SSSR count). The molecule has 0 spiro atoms. The van der Waals surface area contributed by atoms with E-state index in [-0.39, 0.29) is 1.43 Å². The average molecular weight is 283 g/mol. The molecule has 0 radical (unpaired) electrons. The van der Waals surface area contributed by atoms with E-state index in [0.29, 0.717) is 5.92 Å². The summed E-state index contributed by atoms with van der Waals surface area (Å²) in [7, 11) is 2.08. The molecule has 0 atom stereocenters. The van der Waals surface area contributed by atoms with E-state index in [4.69, 9.17) is 4.98 Å². The molecule has 3 nitrogen and oxygen atoms in total. The SMILES string of the molecule is CCCc1ccc2nc(-c3cc(C(C)C)cn3C)[nH]c2c1.[HH]. The van der Waals surface area contributed by atoms with E-state index in [0.717, 1.165) is 29.0 Å². The van der Waals surface area contributed by atoms with Crippen molar-refractivity contribution in [2.24, 2.45) is 7.05 Å². The van der Waals surface area contributed by atoms with Crippen LogP contribution < -0.4 is 0 Å². The van der Waals surface area contributed by atoms with Crippen LogP contribution in [0.1, 0.15) is 45.7 Å². The zero-order valence-corrected chi connectivity index (χ0v) is 13.3. The lowest BCUT2D eigenvalue weighted by atomic mass is 10.1. The Bertz CT molecular complexity index is 768. The zero-order chi connectivity index (χ0) is 15.0. The first kappa shape index (κ1) is 13.9. The minimum atomic E-state index is 0. The van der Waals surface area contributed by atoms with Gasteiger partial charge in [-0.3, -0.25) is 0 Å². The van der Waals surface area contributed by atoms with Crippen molar-refractivity contribution in [3.05, 3.63) is 41.6 Å². The van der Waals surface area contributed by atoms with Crippen LogP contribution in [-0.4, -0.2) is 14.5 Å². The monoisotopic (exact) mass is 283 g/mol. The number of imidazole rings is 1. The Balaban J connectivity index is 0.00000176.